The van der Waals surface area contributed by atoms with Crippen molar-refractivity contribution in [2.24, 2.45) is 0 Å². The molecule has 1 aliphatic carbocycles. The van der Waals surface area contributed by atoms with Gasteiger partial charge in [-0.3, -0.25) is 14.2 Å². The van der Waals surface area contributed by atoms with Gasteiger partial charge in [-0.15, -0.1) is 0 Å². The molecule has 2 heterocycles. The average molecular weight is 323 g/mol. The number of nitrogens with one attached hydrogen (secondary N) is 1. The molecule has 0 radical (unpaired) electrons. The zero-order valence-corrected chi connectivity index (χ0v) is 12.9. The molecule has 2 aromatic heterocycles. The van der Waals surface area contributed by atoms with Gasteiger partial charge >= 0.3 is 0 Å². The molecule has 23 heavy (non-hydrogen) atoms. The Morgan fingerprint density at radius 3 is 2.83 bits per heavy atom. The van der Waals surface area contributed by atoms with Gasteiger partial charge in [0.15, 0.2) is 0 Å². The van der Waals surface area contributed by atoms with Crippen LogP contribution in [0.1, 0.15) is 49.2 Å². The van der Waals surface area contributed by atoms with E-state index in [1.165, 1.54) is 10.7 Å². The Bertz CT molecular complexity index is 690. The summed E-state index contributed by atoms with van der Waals surface area (Å²) in [5.41, 5.74) is 1.23. The number of amides is 1. The summed E-state index contributed by atoms with van der Waals surface area (Å²) in [5, 5.41) is 10.9. The van der Waals surface area contributed by atoms with Gasteiger partial charge in [0, 0.05) is 24.4 Å². The summed E-state index contributed by atoms with van der Waals surface area (Å²) in [5.74, 6) is -0.00934. The summed E-state index contributed by atoms with van der Waals surface area (Å²) in [4.78, 5) is 12.0. The Morgan fingerprint density at radius 1 is 1.43 bits per heavy atom. The molecule has 0 saturated heterocycles. The minimum absolute atomic E-state index is 0.0486. The lowest BCUT2D eigenvalue weighted by Gasteiger charge is -2.07. The summed E-state index contributed by atoms with van der Waals surface area (Å²) < 4.78 is 28.8. The van der Waals surface area contributed by atoms with E-state index in [0.717, 1.165) is 30.8 Å². The van der Waals surface area contributed by atoms with Gasteiger partial charge in [-0.1, -0.05) is 0 Å². The highest BCUT2D eigenvalue weighted by Gasteiger charge is 2.30. The molecule has 0 aromatic carbocycles. The van der Waals surface area contributed by atoms with Gasteiger partial charge in [-0.25, -0.2) is 8.78 Å². The van der Waals surface area contributed by atoms with E-state index in [1.807, 2.05) is 19.2 Å². The van der Waals surface area contributed by atoms with Crippen molar-refractivity contribution in [2.45, 2.75) is 51.7 Å². The minimum Gasteiger partial charge on any atom is -0.349 e. The molecule has 8 heteroatoms. The van der Waals surface area contributed by atoms with Crippen molar-refractivity contribution in [2.75, 3.05) is 0 Å². The first-order chi connectivity index (χ1) is 11.1. The van der Waals surface area contributed by atoms with Crippen LogP contribution in [-0.4, -0.2) is 25.5 Å². The second-order valence-corrected chi connectivity index (χ2v) is 5.67. The van der Waals surface area contributed by atoms with Crippen LogP contribution < -0.4 is 5.32 Å². The Balaban J connectivity index is 1.60. The summed E-state index contributed by atoms with van der Waals surface area (Å²) >= 11 is 0. The molecule has 2 aromatic rings. The number of rotatable bonds is 7. The van der Waals surface area contributed by atoms with Crippen LogP contribution in [0.5, 0.6) is 0 Å². The predicted octanol–water partition coefficient (Wildman–Crippen LogP) is 2.23. The molecule has 1 saturated carbocycles. The minimum atomic E-state index is -2.62. The van der Waals surface area contributed by atoms with Gasteiger partial charge < -0.3 is 5.32 Å². The first kappa shape index (κ1) is 15.6. The van der Waals surface area contributed by atoms with Crippen LogP contribution in [0, 0.1) is 0 Å². The molecule has 3 rings (SSSR count). The van der Waals surface area contributed by atoms with Gasteiger partial charge in [0.2, 0.25) is 5.91 Å². The Morgan fingerprint density at radius 2 is 2.22 bits per heavy atom. The Hall–Kier alpha value is -2.25. The molecule has 1 amide bonds. The third-order valence-corrected chi connectivity index (χ3v) is 3.83. The average Bonchev–Trinajstić information content (AvgIpc) is 3.11. The van der Waals surface area contributed by atoms with E-state index in [9.17, 15) is 13.6 Å². The van der Waals surface area contributed by atoms with Crippen molar-refractivity contribution >= 4 is 5.91 Å². The van der Waals surface area contributed by atoms with Crippen molar-refractivity contribution in [3.63, 3.8) is 0 Å². The number of aryl methyl sites for hydroxylation is 1. The fourth-order valence-corrected chi connectivity index (χ4v) is 2.45. The lowest BCUT2D eigenvalue weighted by atomic mass is 10.2. The third kappa shape index (κ3) is 3.75. The standard InChI is InChI=1S/C15H19F2N5O/c1-2-21-6-5-11(19-21)8-18-14(23)9-22-13(10-3-4-10)7-12(20-22)15(16)17/h5-7,10,15H,2-4,8-9H2,1H3,(H,18,23). The quantitative estimate of drug-likeness (QED) is 0.850. The monoisotopic (exact) mass is 323 g/mol. The molecular formula is C15H19F2N5O. The van der Waals surface area contributed by atoms with E-state index in [1.54, 1.807) is 4.68 Å². The number of hydrogen-bond donors (Lipinski definition) is 1. The van der Waals surface area contributed by atoms with E-state index < -0.39 is 6.43 Å². The molecule has 1 N–H and O–H groups in total. The second-order valence-electron chi connectivity index (χ2n) is 5.67. The van der Waals surface area contributed by atoms with Crippen molar-refractivity contribution < 1.29 is 13.6 Å². The van der Waals surface area contributed by atoms with Crippen LogP contribution in [0.15, 0.2) is 18.3 Å². The number of carbonyl (C=O) groups excluding carboxylic acids is 1. The summed E-state index contributed by atoms with van der Waals surface area (Å²) in [6, 6.07) is 3.25. The fraction of sp³-hybridized carbons (Fsp3) is 0.533. The van der Waals surface area contributed by atoms with E-state index in [4.69, 9.17) is 0 Å². The van der Waals surface area contributed by atoms with Gasteiger partial charge in [-0.05, 0) is 31.9 Å². The van der Waals surface area contributed by atoms with Crippen LogP contribution in [-0.2, 0) is 24.4 Å². The van der Waals surface area contributed by atoms with Crippen LogP contribution in [0.25, 0.3) is 0 Å². The van der Waals surface area contributed by atoms with Gasteiger partial charge in [0.1, 0.15) is 12.2 Å². The van der Waals surface area contributed by atoms with Gasteiger partial charge in [0.25, 0.3) is 6.43 Å². The molecule has 0 spiro atoms. The van der Waals surface area contributed by atoms with Crippen LogP contribution in [0.4, 0.5) is 8.78 Å². The van der Waals surface area contributed by atoms with E-state index in [2.05, 4.69) is 15.5 Å². The van der Waals surface area contributed by atoms with Crippen LogP contribution >= 0.6 is 0 Å². The van der Waals surface area contributed by atoms with E-state index in [0.29, 0.717) is 6.54 Å². The topological polar surface area (TPSA) is 64.7 Å². The SMILES string of the molecule is CCn1ccc(CNC(=O)Cn2nc(C(F)F)cc2C2CC2)n1. The van der Waals surface area contributed by atoms with E-state index >= 15 is 0 Å². The van der Waals surface area contributed by atoms with Crippen LogP contribution in [0.2, 0.25) is 0 Å². The number of alkyl halides is 2. The lowest BCUT2D eigenvalue weighted by molar-refractivity contribution is -0.122. The third-order valence-electron chi connectivity index (χ3n) is 3.83. The highest BCUT2D eigenvalue weighted by atomic mass is 19.3. The van der Waals surface area contributed by atoms with Crippen molar-refractivity contribution in [3.8, 4) is 0 Å². The maximum absolute atomic E-state index is 12.8. The smallest absolute Gasteiger partial charge is 0.282 e. The maximum Gasteiger partial charge on any atom is 0.282 e. The first-order valence-corrected chi connectivity index (χ1v) is 7.71. The molecule has 1 fully saturated rings. The highest BCUT2D eigenvalue weighted by Crippen LogP contribution is 2.41. The predicted molar refractivity (Wildman–Crippen MR) is 78.9 cm³/mol. The number of carbonyl (C=O) groups is 1. The zero-order valence-electron chi connectivity index (χ0n) is 12.9. The normalized spacial score (nSPS) is 14.4. The van der Waals surface area contributed by atoms with E-state index in [-0.39, 0.29) is 24.1 Å². The molecular weight excluding hydrogens is 304 g/mol. The van der Waals surface area contributed by atoms with Gasteiger partial charge in [0.05, 0.1) is 12.2 Å². The second kappa shape index (κ2) is 6.47. The molecule has 1 aliphatic rings. The maximum atomic E-state index is 12.8. The molecule has 0 atom stereocenters. The molecule has 124 valence electrons. The Kier molecular flexibility index (Phi) is 4.40. The summed E-state index contributed by atoms with van der Waals surface area (Å²) in [6.45, 7) is 3.01. The molecule has 6 nitrogen and oxygen atoms in total. The molecule has 0 bridgehead atoms. The first-order valence-electron chi connectivity index (χ1n) is 7.71. The summed E-state index contributed by atoms with van der Waals surface area (Å²) in [7, 11) is 0. The number of aromatic nitrogens is 4. The lowest BCUT2D eigenvalue weighted by Crippen LogP contribution is -2.28. The van der Waals surface area contributed by atoms with Crippen LogP contribution in [0.3, 0.4) is 0 Å². The van der Waals surface area contributed by atoms with Crippen molar-refractivity contribution in [3.05, 3.63) is 35.4 Å². The largest absolute Gasteiger partial charge is 0.349 e. The Labute approximate surface area is 132 Å². The number of halogens is 2. The highest BCUT2D eigenvalue weighted by molar-refractivity contribution is 5.75. The fourth-order valence-electron chi connectivity index (χ4n) is 2.45. The van der Waals surface area contributed by atoms with Crippen molar-refractivity contribution in [1.82, 2.24) is 24.9 Å². The number of nitrogens with zero attached hydrogens (tertiary/aromatic N) is 4. The molecule has 0 aliphatic heterocycles. The number of hydrogen-bond acceptors (Lipinski definition) is 3. The van der Waals surface area contributed by atoms with Crippen molar-refractivity contribution in [1.29, 1.82) is 0 Å². The summed E-state index contributed by atoms with van der Waals surface area (Å²) in [6.07, 6.45) is 1.15. The zero-order chi connectivity index (χ0) is 16.4. The molecule has 0 unspecified atom stereocenters. The van der Waals surface area contributed by atoms with Gasteiger partial charge in [-0.2, -0.15) is 10.2 Å².